The van der Waals surface area contributed by atoms with Crippen LogP contribution in [0.5, 0.6) is 0 Å². The first-order valence-corrected chi connectivity index (χ1v) is 13.3. The lowest BCUT2D eigenvalue weighted by Gasteiger charge is -2.12. The number of nitrogens with zero attached hydrogens (tertiary/aromatic N) is 2. The largest absolute Gasteiger partial charge is 0.337 e. The van der Waals surface area contributed by atoms with Crippen LogP contribution in [0.15, 0.2) is 53.4 Å². The van der Waals surface area contributed by atoms with Gasteiger partial charge >= 0.3 is 6.03 Å². The summed E-state index contributed by atoms with van der Waals surface area (Å²) in [6.45, 7) is 4.32. The van der Waals surface area contributed by atoms with Crippen molar-refractivity contribution < 1.29 is 18.0 Å². The monoisotopic (exact) mass is 516 g/mol. The van der Waals surface area contributed by atoms with E-state index in [4.69, 9.17) is 11.8 Å². The summed E-state index contributed by atoms with van der Waals surface area (Å²) in [6.07, 6.45) is 4.42. The fourth-order valence-electron chi connectivity index (χ4n) is 3.63. The molecule has 3 aromatic rings. The second-order valence-electron chi connectivity index (χ2n) is 8.09. The quantitative estimate of drug-likeness (QED) is 0.359. The lowest BCUT2D eigenvalue weighted by atomic mass is 10.0. The van der Waals surface area contributed by atoms with Gasteiger partial charge in [0.2, 0.25) is 0 Å². The molecule has 1 heterocycles. The van der Waals surface area contributed by atoms with E-state index in [-0.39, 0.29) is 4.90 Å². The number of amides is 2. The van der Waals surface area contributed by atoms with E-state index in [0.717, 1.165) is 18.4 Å². The molecule has 0 aliphatic heterocycles. The number of aromatic nitrogens is 2. The Bertz CT molecular complexity index is 1290. The van der Waals surface area contributed by atoms with E-state index < -0.39 is 16.1 Å². The number of hydrogen-bond acceptors (Lipinski definition) is 5. The number of hydrogen-bond donors (Lipinski definition) is 2. The molecule has 0 fully saturated rings. The van der Waals surface area contributed by atoms with Gasteiger partial charge in [0, 0.05) is 36.7 Å². The number of unbranched alkanes of at least 4 members (excludes halogenated alkanes) is 1. The SMILES string of the molecule is CCCCc1nc(Cc2ccc(-c3ccccc3S(=O)(=O)NC(=O)NCCC)cc2)c(C=O)n1Cl. The highest BCUT2D eigenvalue weighted by atomic mass is 35.5. The first kappa shape index (κ1) is 26.4. The second-order valence-corrected chi connectivity index (χ2v) is 10.1. The zero-order valence-corrected chi connectivity index (χ0v) is 21.3. The second kappa shape index (κ2) is 12.0. The molecular formula is C25H29ClN4O4S. The van der Waals surface area contributed by atoms with E-state index >= 15 is 0 Å². The van der Waals surface area contributed by atoms with E-state index in [9.17, 15) is 18.0 Å². The summed E-state index contributed by atoms with van der Waals surface area (Å²) in [5, 5.41) is 2.50. The minimum atomic E-state index is -4.07. The van der Waals surface area contributed by atoms with Crippen LogP contribution in [0, 0.1) is 0 Å². The van der Waals surface area contributed by atoms with Gasteiger partial charge in [0.05, 0.1) is 10.6 Å². The van der Waals surface area contributed by atoms with Gasteiger partial charge in [-0.3, -0.25) is 4.79 Å². The predicted octanol–water partition coefficient (Wildman–Crippen LogP) is 4.70. The van der Waals surface area contributed by atoms with Crippen molar-refractivity contribution in [2.45, 2.75) is 50.8 Å². The Balaban J connectivity index is 1.84. The van der Waals surface area contributed by atoms with Crippen LogP contribution in [-0.4, -0.2) is 36.3 Å². The molecule has 2 N–H and O–H groups in total. The number of imidazole rings is 1. The number of halogens is 1. The molecule has 2 aromatic carbocycles. The number of aldehydes is 1. The topological polar surface area (TPSA) is 110 Å². The van der Waals surface area contributed by atoms with E-state index in [2.05, 4.69) is 21.9 Å². The number of sulfonamides is 1. The number of rotatable bonds is 11. The van der Waals surface area contributed by atoms with Gasteiger partial charge in [0.1, 0.15) is 11.5 Å². The van der Waals surface area contributed by atoms with Crippen LogP contribution in [0.3, 0.4) is 0 Å². The average molecular weight is 517 g/mol. The van der Waals surface area contributed by atoms with Crippen molar-refractivity contribution in [3.05, 3.63) is 71.3 Å². The lowest BCUT2D eigenvalue weighted by Crippen LogP contribution is -2.39. The third-order valence-corrected chi connectivity index (χ3v) is 7.21. The normalized spacial score (nSPS) is 11.3. The third kappa shape index (κ3) is 6.49. The van der Waals surface area contributed by atoms with Crippen LogP contribution in [0.2, 0.25) is 0 Å². The van der Waals surface area contributed by atoms with Crippen molar-refractivity contribution in [2.75, 3.05) is 6.54 Å². The molecule has 35 heavy (non-hydrogen) atoms. The van der Waals surface area contributed by atoms with Crippen LogP contribution in [0.1, 0.15) is 60.7 Å². The van der Waals surface area contributed by atoms with Gasteiger partial charge in [0.15, 0.2) is 6.29 Å². The van der Waals surface area contributed by atoms with Crippen molar-refractivity contribution in [1.29, 1.82) is 0 Å². The van der Waals surface area contributed by atoms with Gasteiger partial charge in [-0.15, -0.1) is 0 Å². The molecule has 1 aromatic heterocycles. The van der Waals surface area contributed by atoms with E-state index in [0.29, 0.717) is 60.4 Å². The molecule has 10 heteroatoms. The Morgan fingerprint density at radius 1 is 1.09 bits per heavy atom. The highest BCUT2D eigenvalue weighted by Crippen LogP contribution is 2.28. The molecule has 0 bridgehead atoms. The number of nitrogens with one attached hydrogen (secondary N) is 2. The van der Waals surface area contributed by atoms with Gasteiger partial charge in [-0.2, -0.15) is 0 Å². The summed E-state index contributed by atoms with van der Waals surface area (Å²) in [4.78, 5) is 28.1. The third-order valence-electron chi connectivity index (χ3n) is 5.44. The fourth-order valence-corrected chi connectivity index (χ4v) is 5.05. The number of carbonyl (C=O) groups excluding carboxylic acids is 2. The van der Waals surface area contributed by atoms with Crippen molar-refractivity contribution >= 4 is 34.1 Å². The van der Waals surface area contributed by atoms with Crippen LogP contribution in [0.4, 0.5) is 4.79 Å². The fraction of sp³-hybridized carbons (Fsp3) is 0.320. The standard InChI is InChI=1S/C25H29ClN4O4S/c1-3-5-10-24-28-21(22(17-31)30(24)26)16-18-11-13-19(14-12-18)20-8-6-7-9-23(20)35(33,34)29-25(32)27-15-4-2/h6-9,11-14,17H,3-5,10,15-16H2,1-2H3,(H2,27,29,32). The Morgan fingerprint density at radius 2 is 1.80 bits per heavy atom. The average Bonchev–Trinajstić information content (AvgIpc) is 3.15. The predicted molar refractivity (Wildman–Crippen MR) is 136 cm³/mol. The van der Waals surface area contributed by atoms with E-state index in [1.807, 2.05) is 19.1 Å². The number of carbonyl (C=O) groups is 2. The zero-order valence-electron chi connectivity index (χ0n) is 19.8. The van der Waals surface area contributed by atoms with Gasteiger partial charge in [0.25, 0.3) is 10.0 Å². The maximum absolute atomic E-state index is 12.9. The Labute approximate surface area is 210 Å². The minimum Gasteiger partial charge on any atom is -0.337 e. The Morgan fingerprint density at radius 3 is 2.46 bits per heavy atom. The minimum absolute atomic E-state index is 0.00379. The molecule has 0 spiro atoms. The molecule has 0 saturated heterocycles. The van der Waals surface area contributed by atoms with Crippen molar-refractivity contribution in [3.8, 4) is 11.1 Å². The molecule has 0 saturated carbocycles. The summed E-state index contributed by atoms with van der Waals surface area (Å²) in [7, 11) is -4.07. The summed E-state index contributed by atoms with van der Waals surface area (Å²) < 4.78 is 29.1. The molecule has 0 aliphatic rings. The molecule has 0 atom stereocenters. The maximum Gasteiger partial charge on any atom is 0.328 e. The lowest BCUT2D eigenvalue weighted by molar-refractivity contribution is 0.111. The first-order chi connectivity index (χ1) is 16.8. The van der Waals surface area contributed by atoms with Gasteiger partial charge < -0.3 is 5.32 Å². The van der Waals surface area contributed by atoms with Crippen LogP contribution in [0.25, 0.3) is 11.1 Å². The number of aryl methyl sites for hydroxylation is 1. The van der Waals surface area contributed by atoms with Crippen molar-refractivity contribution in [1.82, 2.24) is 19.1 Å². The number of urea groups is 1. The van der Waals surface area contributed by atoms with Crippen LogP contribution in [-0.2, 0) is 22.9 Å². The van der Waals surface area contributed by atoms with E-state index in [1.54, 1.807) is 30.3 Å². The molecule has 2 amide bonds. The van der Waals surface area contributed by atoms with Crippen molar-refractivity contribution in [2.24, 2.45) is 0 Å². The summed E-state index contributed by atoms with van der Waals surface area (Å²) in [5.41, 5.74) is 2.97. The Hall–Kier alpha value is -3.17. The highest BCUT2D eigenvalue weighted by molar-refractivity contribution is 7.90. The molecular weight excluding hydrogens is 488 g/mol. The smallest absolute Gasteiger partial charge is 0.328 e. The molecule has 0 aliphatic carbocycles. The van der Waals surface area contributed by atoms with Gasteiger partial charge in [-0.05, 0) is 30.0 Å². The molecule has 186 valence electrons. The van der Waals surface area contributed by atoms with Crippen LogP contribution < -0.4 is 10.0 Å². The summed E-state index contributed by atoms with van der Waals surface area (Å²) >= 11 is 6.29. The molecule has 0 radical (unpaired) electrons. The Kier molecular flexibility index (Phi) is 9.06. The van der Waals surface area contributed by atoms with Gasteiger partial charge in [-0.25, -0.2) is 27.0 Å². The summed E-state index contributed by atoms with van der Waals surface area (Å²) in [5.74, 6) is 0.664. The molecule has 8 nitrogen and oxygen atoms in total. The molecule has 3 rings (SSSR count). The number of benzene rings is 2. The molecule has 0 unspecified atom stereocenters. The highest BCUT2D eigenvalue weighted by Gasteiger charge is 2.22. The maximum atomic E-state index is 12.9. The van der Waals surface area contributed by atoms with Crippen molar-refractivity contribution in [3.63, 3.8) is 0 Å². The zero-order chi connectivity index (χ0) is 25.4. The first-order valence-electron chi connectivity index (χ1n) is 11.5. The summed E-state index contributed by atoms with van der Waals surface area (Å²) in [6, 6.07) is 13.0. The van der Waals surface area contributed by atoms with Crippen LogP contribution >= 0.6 is 11.8 Å². The van der Waals surface area contributed by atoms with E-state index in [1.165, 1.54) is 10.2 Å². The van der Waals surface area contributed by atoms with Gasteiger partial charge in [-0.1, -0.05) is 62.7 Å².